The highest BCUT2D eigenvalue weighted by molar-refractivity contribution is 5.95. The van der Waals surface area contributed by atoms with Gasteiger partial charge < -0.3 is 0 Å². The molecule has 0 aliphatic heterocycles. The van der Waals surface area contributed by atoms with Crippen molar-refractivity contribution in [2.75, 3.05) is 0 Å². The third-order valence-corrected chi connectivity index (χ3v) is 13.9. The number of rotatable bonds is 8. The number of para-hydroxylation sites is 2. The number of aromatic nitrogens is 4. The number of hydrogen-bond acceptors (Lipinski definition) is 2. The van der Waals surface area contributed by atoms with Crippen LogP contribution in [0.4, 0.5) is 0 Å². The molecular weight excluding hydrogens is 705 g/mol. The van der Waals surface area contributed by atoms with Crippen molar-refractivity contribution in [2.45, 2.75) is 64.2 Å². The highest BCUT2D eigenvalue weighted by Crippen LogP contribution is 2.55. The first kappa shape index (κ1) is 34.7. The average Bonchev–Trinajstić information content (AvgIpc) is 4.01. The standard InChI is InChI=1S/C54H46N4/c1-5-53(6-2)43-25-17-15-23-39(43)41-31-47-49(33-45(41)53)57(37-19-11-9-12-20-37)51(55-47)35-27-29-36(30-28-35)52-56-48-32-42-40-24-16-18-26-44(40)54(7-3,8-4)46(42)34-50(48)58(52)38-21-13-10-14-22-38/h9-34H,5-8H2,1-4H3. The zero-order chi connectivity index (χ0) is 39.2. The summed E-state index contributed by atoms with van der Waals surface area (Å²) in [5, 5.41) is 0. The topological polar surface area (TPSA) is 35.6 Å². The predicted octanol–water partition coefficient (Wildman–Crippen LogP) is 13.9. The van der Waals surface area contributed by atoms with Crippen LogP contribution in [0.3, 0.4) is 0 Å². The van der Waals surface area contributed by atoms with Gasteiger partial charge in [0.05, 0.1) is 22.1 Å². The van der Waals surface area contributed by atoms with Crippen LogP contribution in [0.25, 0.3) is 78.5 Å². The molecule has 0 bridgehead atoms. The SMILES string of the molecule is CCC1(CC)c2ccccc2-c2cc3nc(-c4ccc(-c5nc6cc7c(cc6n5-c5ccccc5)C(CC)(CC)c5ccccc5-7)cc4)n(-c4ccccc4)c3cc21. The van der Waals surface area contributed by atoms with Crippen LogP contribution in [0, 0.1) is 0 Å². The smallest absolute Gasteiger partial charge is 0.145 e. The van der Waals surface area contributed by atoms with Crippen molar-refractivity contribution in [3.05, 3.63) is 180 Å². The number of hydrogen-bond donors (Lipinski definition) is 0. The molecule has 0 N–H and O–H groups in total. The van der Waals surface area contributed by atoms with E-state index in [1.165, 1.54) is 44.5 Å². The lowest BCUT2D eigenvalue weighted by Gasteiger charge is -2.29. The molecule has 0 saturated carbocycles. The Hall–Kier alpha value is -6.52. The molecule has 0 atom stereocenters. The molecule has 0 unspecified atom stereocenters. The largest absolute Gasteiger partial charge is 0.292 e. The summed E-state index contributed by atoms with van der Waals surface area (Å²) in [6.45, 7) is 9.34. The van der Waals surface area contributed by atoms with Gasteiger partial charge in [-0.1, -0.05) is 137 Å². The van der Waals surface area contributed by atoms with E-state index in [4.69, 9.17) is 9.97 Å². The summed E-state index contributed by atoms with van der Waals surface area (Å²) in [6.07, 6.45) is 4.20. The molecule has 4 nitrogen and oxygen atoms in total. The normalized spacial score (nSPS) is 14.4. The third-order valence-electron chi connectivity index (χ3n) is 13.9. The van der Waals surface area contributed by atoms with Gasteiger partial charge in [-0.15, -0.1) is 0 Å². The summed E-state index contributed by atoms with van der Waals surface area (Å²) in [4.78, 5) is 10.9. The van der Waals surface area contributed by atoms with Crippen molar-refractivity contribution in [3.8, 4) is 56.4 Å². The second kappa shape index (κ2) is 13.0. The van der Waals surface area contributed by atoms with E-state index in [9.17, 15) is 0 Å². The lowest BCUT2D eigenvalue weighted by atomic mass is 9.74. The van der Waals surface area contributed by atoms with Crippen molar-refractivity contribution in [3.63, 3.8) is 0 Å². The van der Waals surface area contributed by atoms with E-state index < -0.39 is 0 Å². The Labute approximate surface area is 340 Å². The van der Waals surface area contributed by atoms with Gasteiger partial charge >= 0.3 is 0 Å². The third kappa shape index (κ3) is 4.69. The van der Waals surface area contributed by atoms with Gasteiger partial charge in [-0.2, -0.15) is 0 Å². The fourth-order valence-electron chi connectivity index (χ4n) is 10.9. The fourth-order valence-corrected chi connectivity index (χ4v) is 10.9. The second-order valence-corrected chi connectivity index (χ2v) is 16.2. The van der Waals surface area contributed by atoms with Crippen LogP contribution in [0.2, 0.25) is 0 Å². The van der Waals surface area contributed by atoms with Crippen molar-refractivity contribution >= 4 is 22.1 Å². The second-order valence-electron chi connectivity index (χ2n) is 16.2. The van der Waals surface area contributed by atoms with Crippen LogP contribution < -0.4 is 0 Å². The molecule has 2 aliphatic carbocycles. The van der Waals surface area contributed by atoms with E-state index in [0.717, 1.165) is 81.9 Å². The van der Waals surface area contributed by atoms with E-state index >= 15 is 0 Å². The van der Waals surface area contributed by atoms with Crippen molar-refractivity contribution in [2.24, 2.45) is 0 Å². The van der Waals surface area contributed by atoms with Crippen molar-refractivity contribution in [1.82, 2.24) is 19.1 Å². The highest BCUT2D eigenvalue weighted by atomic mass is 15.1. The molecule has 282 valence electrons. The molecule has 0 saturated heterocycles. The summed E-state index contributed by atoms with van der Waals surface area (Å²) in [5.74, 6) is 1.87. The minimum atomic E-state index is -0.0178. The van der Waals surface area contributed by atoms with Gasteiger partial charge in [-0.05, 0) is 119 Å². The molecule has 9 aromatic rings. The molecule has 0 fully saturated rings. The summed E-state index contributed by atoms with van der Waals surface area (Å²) in [7, 11) is 0. The van der Waals surface area contributed by atoms with Gasteiger partial charge in [0.1, 0.15) is 11.6 Å². The maximum absolute atomic E-state index is 5.44. The van der Waals surface area contributed by atoms with Crippen molar-refractivity contribution < 1.29 is 0 Å². The van der Waals surface area contributed by atoms with Gasteiger partial charge in [-0.3, -0.25) is 9.13 Å². The lowest BCUT2D eigenvalue weighted by molar-refractivity contribution is 0.491. The molecule has 0 amide bonds. The zero-order valence-electron chi connectivity index (χ0n) is 33.6. The van der Waals surface area contributed by atoms with Crippen LogP contribution >= 0.6 is 0 Å². The molecule has 58 heavy (non-hydrogen) atoms. The van der Waals surface area contributed by atoms with E-state index in [-0.39, 0.29) is 10.8 Å². The predicted molar refractivity (Wildman–Crippen MR) is 240 cm³/mol. The zero-order valence-corrected chi connectivity index (χ0v) is 33.6. The quantitative estimate of drug-likeness (QED) is 0.155. The molecule has 7 aromatic carbocycles. The first-order valence-corrected chi connectivity index (χ1v) is 21.1. The number of nitrogens with zero attached hydrogens (tertiary/aromatic N) is 4. The molecular formula is C54H46N4. The van der Waals surface area contributed by atoms with Crippen LogP contribution in [0.15, 0.2) is 158 Å². The van der Waals surface area contributed by atoms with Gasteiger partial charge in [0.2, 0.25) is 0 Å². The molecule has 2 aliphatic rings. The molecule has 0 radical (unpaired) electrons. The first-order valence-electron chi connectivity index (χ1n) is 21.1. The average molecular weight is 751 g/mol. The van der Waals surface area contributed by atoms with E-state index in [2.05, 4.69) is 195 Å². The Morgan fingerprint density at radius 1 is 0.379 bits per heavy atom. The fraction of sp³-hybridized carbons (Fsp3) is 0.185. The van der Waals surface area contributed by atoms with E-state index in [0.29, 0.717) is 0 Å². The highest BCUT2D eigenvalue weighted by Gasteiger charge is 2.42. The monoisotopic (exact) mass is 750 g/mol. The van der Waals surface area contributed by atoms with E-state index in [1.807, 2.05) is 0 Å². The van der Waals surface area contributed by atoms with Gasteiger partial charge in [0, 0.05) is 33.3 Å². The molecule has 2 heterocycles. The van der Waals surface area contributed by atoms with Crippen LogP contribution in [0.5, 0.6) is 0 Å². The van der Waals surface area contributed by atoms with Crippen molar-refractivity contribution in [1.29, 1.82) is 0 Å². The summed E-state index contributed by atoms with van der Waals surface area (Å²) in [6, 6.07) is 57.9. The van der Waals surface area contributed by atoms with Gasteiger partial charge in [0.15, 0.2) is 0 Å². The summed E-state index contributed by atoms with van der Waals surface area (Å²) >= 11 is 0. The summed E-state index contributed by atoms with van der Waals surface area (Å²) < 4.78 is 4.71. The Bertz CT molecular complexity index is 2820. The minimum absolute atomic E-state index is 0.0178. The Kier molecular flexibility index (Phi) is 7.78. The number of fused-ring (bicyclic) bond motifs is 8. The van der Waals surface area contributed by atoms with Crippen LogP contribution in [-0.4, -0.2) is 19.1 Å². The number of imidazole rings is 2. The van der Waals surface area contributed by atoms with Gasteiger partial charge in [0.25, 0.3) is 0 Å². The molecule has 11 rings (SSSR count). The number of benzene rings is 7. The maximum Gasteiger partial charge on any atom is 0.145 e. The Balaban J connectivity index is 1.09. The molecule has 4 heteroatoms. The van der Waals surface area contributed by atoms with E-state index in [1.54, 1.807) is 0 Å². The molecule has 2 aromatic heterocycles. The van der Waals surface area contributed by atoms with Gasteiger partial charge in [-0.25, -0.2) is 9.97 Å². The maximum atomic E-state index is 5.44. The Morgan fingerprint density at radius 2 is 0.741 bits per heavy atom. The molecule has 0 spiro atoms. The first-order chi connectivity index (χ1) is 28.5. The summed E-state index contributed by atoms with van der Waals surface area (Å²) in [5.41, 5.74) is 19.6. The minimum Gasteiger partial charge on any atom is -0.292 e. The lowest BCUT2D eigenvalue weighted by Crippen LogP contribution is -2.23. The Morgan fingerprint density at radius 3 is 1.12 bits per heavy atom. The van der Waals surface area contributed by atoms with Crippen LogP contribution in [-0.2, 0) is 10.8 Å². The van der Waals surface area contributed by atoms with Crippen LogP contribution in [0.1, 0.15) is 75.6 Å².